The third-order valence-electron chi connectivity index (χ3n) is 5.77. The number of carbonyl (C=O) groups is 1. The Kier molecular flexibility index (Phi) is 8.49. The summed E-state index contributed by atoms with van der Waals surface area (Å²) in [6.45, 7) is 5.39. The zero-order chi connectivity index (χ0) is 26.9. The van der Waals surface area contributed by atoms with Gasteiger partial charge in [0.05, 0.1) is 45.7 Å². The smallest absolute Gasteiger partial charge is 0.338 e. The Balaban J connectivity index is 1.93. The number of rotatable bonds is 7. The first kappa shape index (κ1) is 27.5. The summed E-state index contributed by atoms with van der Waals surface area (Å²) in [5.41, 5.74) is 2.29. The molecule has 0 spiro atoms. The van der Waals surface area contributed by atoms with Gasteiger partial charge in [-0.2, -0.15) is 0 Å². The monoisotopic (exact) mass is 650 g/mol. The van der Waals surface area contributed by atoms with Crippen LogP contribution >= 0.6 is 45.7 Å². The standard InChI is InChI=1S/C27H27IN2O5S2/c1-14(2)35-26(32)22-15(3)29-27-30(23(22)17-7-9-18(36-6)10-8-17)25(31)21(37-27)13-16-11-19(28)24(34-5)20(12-16)33-4/h7-14,23H,1-6H3/b21-13-/t23-/m1/s1. The van der Waals surface area contributed by atoms with E-state index in [0.717, 1.165) is 19.6 Å². The van der Waals surface area contributed by atoms with Gasteiger partial charge in [0.15, 0.2) is 16.3 Å². The van der Waals surface area contributed by atoms with E-state index in [1.165, 1.54) is 11.3 Å². The molecule has 0 bridgehead atoms. The molecule has 1 aromatic heterocycles. The molecule has 1 atom stereocenters. The first-order chi connectivity index (χ1) is 17.7. The Labute approximate surface area is 237 Å². The summed E-state index contributed by atoms with van der Waals surface area (Å²) >= 11 is 5.09. The third-order valence-corrected chi connectivity index (χ3v) is 8.30. The van der Waals surface area contributed by atoms with Gasteiger partial charge in [0.1, 0.15) is 0 Å². The minimum atomic E-state index is -0.647. The van der Waals surface area contributed by atoms with Crippen LogP contribution in [0.3, 0.4) is 0 Å². The molecule has 0 unspecified atom stereocenters. The molecule has 0 N–H and O–H groups in total. The predicted molar refractivity (Wildman–Crippen MR) is 155 cm³/mol. The molecule has 4 rings (SSSR count). The van der Waals surface area contributed by atoms with Crippen LogP contribution in [0.1, 0.15) is 37.9 Å². The topological polar surface area (TPSA) is 79.1 Å². The molecular weight excluding hydrogens is 623 g/mol. The molecule has 0 radical (unpaired) electrons. The number of halogens is 1. The van der Waals surface area contributed by atoms with E-state index in [4.69, 9.17) is 14.2 Å². The number of hydrogen-bond acceptors (Lipinski definition) is 8. The molecule has 0 aliphatic carbocycles. The number of ether oxygens (including phenoxy) is 3. The first-order valence-electron chi connectivity index (χ1n) is 11.5. The zero-order valence-corrected chi connectivity index (χ0v) is 25.1. The van der Waals surface area contributed by atoms with Gasteiger partial charge in [-0.25, -0.2) is 9.79 Å². The number of carbonyl (C=O) groups excluding carboxylic acids is 1. The van der Waals surface area contributed by atoms with Crippen LogP contribution in [0.25, 0.3) is 6.08 Å². The molecule has 10 heteroatoms. The van der Waals surface area contributed by atoms with Crippen LogP contribution < -0.4 is 24.4 Å². The lowest BCUT2D eigenvalue weighted by Gasteiger charge is -2.25. The van der Waals surface area contributed by atoms with Gasteiger partial charge in [0.2, 0.25) is 0 Å². The predicted octanol–water partition coefficient (Wildman–Crippen LogP) is 4.53. The Morgan fingerprint density at radius 2 is 1.89 bits per heavy atom. The van der Waals surface area contributed by atoms with Crippen LogP contribution in [0.15, 0.2) is 62.4 Å². The Bertz CT molecular complexity index is 1560. The molecule has 194 valence electrons. The van der Waals surface area contributed by atoms with Gasteiger partial charge in [-0.15, -0.1) is 11.8 Å². The fourth-order valence-corrected chi connectivity index (χ4v) is 6.43. The van der Waals surface area contributed by atoms with Crippen molar-refractivity contribution in [2.45, 2.75) is 37.8 Å². The highest BCUT2D eigenvalue weighted by Gasteiger charge is 2.33. The summed E-state index contributed by atoms with van der Waals surface area (Å²) in [6, 6.07) is 11.0. The lowest BCUT2D eigenvalue weighted by Crippen LogP contribution is -2.40. The van der Waals surface area contributed by atoms with Gasteiger partial charge in [-0.05, 0) is 91.1 Å². The first-order valence-corrected chi connectivity index (χ1v) is 14.6. The summed E-state index contributed by atoms with van der Waals surface area (Å²) in [6.07, 6.45) is 3.51. The molecule has 1 aliphatic rings. The van der Waals surface area contributed by atoms with Crippen LogP contribution in [0.2, 0.25) is 0 Å². The van der Waals surface area contributed by atoms with E-state index < -0.39 is 12.0 Å². The molecule has 37 heavy (non-hydrogen) atoms. The number of esters is 1. The van der Waals surface area contributed by atoms with E-state index in [2.05, 4.69) is 27.6 Å². The highest BCUT2D eigenvalue weighted by Crippen LogP contribution is 2.34. The number of nitrogens with zero attached hydrogens (tertiary/aromatic N) is 2. The molecular formula is C27H27IN2O5S2. The molecule has 2 heterocycles. The maximum atomic E-state index is 13.8. The highest BCUT2D eigenvalue weighted by molar-refractivity contribution is 14.1. The summed E-state index contributed by atoms with van der Waals surface area (Å²) in [5, 5.41) is 0. The van der Waals surface area contributed by atoms with E-state index in [-0.39, 0.29) is 11.7 Å². The minimum Gasteiger partial charge on any atom is -0.493 e. The van der Waals surface area contributed by atoms with Gasteiger partial charge in [0, 0.05) is 4.90 Å². The summed E-state index contributed by atoms with van der Waals surface area (Å²) in [4.78, 5) is 33.3. The van der Waals surface area contributed by atoms with Crippen molar-refractivity contribution in [1.29, 1.82) is 0 Å². The van der Waals surface area contributed by atoms with Crippen molar-refractivity contribution in [2.24, 2.45) is 4.99 Å². The summed E-state index contributed by atoms with van der Waals surface area (Å²) in [5.74, 6) is 0.744. The number of hydrogen-bond donors (Lipinski definition) is 0. The second-order valence-electron chi connectivity index (χ2n) is 8.55. The Morgan fingerprint density at radius 1 is 1.19 bits per heavy atom. The van der Waals surface area contributed by atoms with E-state index in [1.54, 1.807) is 51.3 Å². The molecule has 1 aliphatic heterocycles. The van der Waals surface area contributed by atoms with E-state index in [0.29, 0.717) is 32.1 Å². The maximum absolute atomic E-state index is 13.8. The van der Waals surface area contributed by atoms with Crippen molar-refractivity contribution in [3.63, 3.8) is 0 Å². The van der Waals surface area contributed by atoms with Gasteiger partial charge >= 0.3 is 5.97 Å². The second kappa shape index (κ2) is 11.4. The lowest BCUT2D eigenvalue weighted by atomic mass is 9.96. The van der Waals surface area contributed by atoms with Crippen molar-refractivity contribution in [2.75, 3.05) is 20.5 Å². The Morgan fingerprint density at radius 3 is 2.49 bits per heavy atom. The number of thioether (sulfide) groups is 1. The van der Waals surface area contributed by atoms with Gasteiger partial charge in [-0.3, -0.25) is 9.36 Å². The van der Waals surface area contributed by atoms with Crippen molar-refractivity contribution >= 4 is 57.7 Å². The number of allylic oxidation sites excluding steroid dienone is 1. The van der Waals surface area contributed by atoms with Gasteiger partial charge in [0.25, 0.3) is 5.56 Å². The van der Waals surface area contributed by atoms with E-state index >= 15 is 0 Å². The molecule has 3 aromatic rings. The number of aromatic nitrogens is 1. The van der Waals surface area contributed by atoms with Crippen LogP contribution in [0, 0.1) is 3.57 Å². The van der Waals surface area contributed by atoms with Crippen LogP contribution in [-0.2, 0) is 9.53 Å². The van der Waals surface area contributed by atoms with Crippen LogP contribution in [0.5, 0.6) is 11.5 Å². The second-order valence-corrected chi connectivity index (χ2v) is 11.6. The van der Waals surface area contributed by atoms with Crippen molar-refractivity contribution in [1.82, 2.24) is 4.57 Å². The average molecular weight is 651 g/mol. The van der Waals surface area contributed by atoms with Crippen LogP contribution in [0.4, 0.5) is 0 Å². The lowest BCUT2D eigenvalue weighted by molar-refractivity contribution is -0.143. The number of thiazole rings is 1. The fraction of sp³-hybridized carbons (Fsp3) is 0.296. The molecule has 0 fully saturated rings. The maximum Gasteiger partial charge on any atom is 0.338 e. The largest absolute Gasteiger partial charge is 0.493 e. The third kappa shape index (κ3) is 5.51. The zero-order valence-electron chi connectivity index (χ0n) is 21.3. The number of methoxy groups -OCH3 is 2. The number of fused-ring (bicyclic) bond motifs is 1. The van der Waals surface area contributed by atoms with E-state index in [1.807, 2.05) is 48.7 Å². The molecule has 0 saturated heterocycles. The SMILES string of the molecule is COc1cc(/C=c2\sc3n(c2=O)[C@H](c2ccc(SC)cc2)C(C(=O)OC(C)C)=C(C)N=3)cc(I)c1OC. The van der Waals surface area contributed by atoms with Crippen LogP contribution in [-0.4, -0.2) is 37.1 Å². The summed E-state index contributed by atoms with van der Waals surface area (Å²) < 4.78 is 19.4. The quantitative estimate of drug-likeness (QED) is 0.213. The average Bonchev–Trinajstić information content (AvgIpc) is 3.16. The number of benzene rings is 2. The molecule has 0 amide bonds. The fourth-order valence-electron chi connectivity index (χ4n) is 4.13. The normalized spacial score (nSPS) is 15.5. The van der Waals surface area contributed by atoms with Gasteiger partial charge in [-0.1, -0.05) is 23.5 Å². The highest BCUT2D eigenvalue weighted by atomic mass is 127. The van der Waals surface area contributed by atoms with Gasteiger partial charge < -0.3 is 14.2 Å². The summed E-state index contributed by atoms with van der Waals surface area (Å²) in [7, 11) is 3.17. The van der Waals surface area contributed by atoms with Crippen molar-refractivity contribution in [3.8, 4) is 11.5 Å². The van der Waals surface area contributed by atoms with Crippen molar-refractivity contribution in [3.05, 3.63) is 82.1 Å². The van der Waals surface area contributed by atoms with Crippen molar-refractivity contribution < 1.29 is 19.0 Å². The molecule has 2 aromatic carbocycles. The Hall–Kier alpha value is -2.57. The molecule has 7 nitrogen and oxygen atoms in total. The van der Waals surface area contributed by atoms with E-state index in [9.17, 15) is 9.59 Å². The molecule has 0 saturated carbocycles. The minimum absolute atomic E-state index is 0.227.